The first-order valence-electron chi connectivity index (χ1n) is 8.90. The van der Waals surface area contributed by atoms with E-state index in [0.717, 1.165) is 4.31 Å². The van der Waals surface area contributed by atoms with Crippen molar-refractivity contribution in [3.63, 3.8) is 0 Å². The average molecular weight is 467 g/mol. The van der Waals surface area contributed by atoms with Crippen molar-refractivity contribution >= 4 is 29.7 Å². The van der Waals surface area contributed by atoms with Crippen LogP contribution in [-0.4, -0.2) is 91.0 Å². The summed E-state index contributed by atoms with van der Waals surface area (Å²) in [6.07, 6.45) is 0. The molecule has 0 saturated carbocycles. The average Bonchev–Trinajstić information content (AvgIpc) is 3.10. The number of sulfonamides is 1. The molecule has 3 aliphatic rings. The summed E-state index contributed by atoms with van der Waals surface area (Å²) in [7, 11) is -8.50. The number of nitrogens with one attached hydrogen (secondary N) is 1. The molecule has 4 rings (SSSR count). The molecule has 1 aromatic carbocycles. The molecule has 1 N–H and O–H groups in total. The zero-order valence-electron chi connectivity index (χ0n) is 15.8. The molecular formula is C16H22N2O8S3. The minimum Gasteiger partial charge on any atom is -0.497 e. The van der Waals surface area contributed by atoms with Gasteiger partial charge in [0.25, 0.3) is 0 Å². The zero-order chi connectivity index (χ0) is 21.2. The Hall–Kier alpha value is -1.41. The van der Waals surface area contributed by atoms with Gasteiger partial charge in [-0.1, -0.05) is 0 Å². The van der Waals surface area contributed by atoms with Gasteiger partial charge in [0, 0.05) is 18.2 Å². The molecule has 0 aliphatic carbocycles. The summed E-state index contributed by atoms with van der Waals surface area (Å²) in [6, 6.07) is 1.17. The molecule has 0 radical (unpaired) electrons. The molecule has 0 amide bonds. The van der Waals surface area contributed by atoms with E-state index in [9.17, 15) is 25.3 Å². The molecule has 10 nitrogen and oxygen atoms in total. The number of sulfone groups is 2. The van der Waals surface area contributed by atoms with Gasteiger partial charge >= 0.3 is 0 Å². The Morgan fingerprint density at radius 2 is 1.48 bits per heavy atom. The van der Waals surface area contributed by atoms with E-state index in [-0.39, 0.29) is 39.4 Å². The van der Waals surface area contributed by atoms with Crippen molar-refractivity contribution in [3.8, 4) is 11.5 Å². The number of rotatable bonds is 4. The highest BCUT2D eigenvalue weighted by Gasteiger charge is 2.57. The minimum atomic E-state index is -4.29. The molecule has 0 aromatic heterocycles. The number of benzene rings is 1. The summed E-state index contributed by atoms with van der Waals surface area (Å²) >= 11 is 0. The molecule has 0 bridgehead atoms. The van der Waals surface area contributed by atoms with Gasteiger partial charge in [-0.15, -0.1) is 0 Å². The van der Waals surface area contributed by atoms with E-state index >= 15 is 0 Å². The van der Waals surface area contributed by atoms with Crippen LogP contribution in [0.4, 0.5) is 0 Å². The van der Waals surface area contributed by atoms with E-state index in [1.165, 1.54) is 26.4 Å². The molecule has 29 heavy (non-hydrogen) atoms. The Morgan fingerprint density at radius 3 is 1.97 bits per heavy atom. The third-order valence-corrected chi connectivity index (χ3v) is 11.1. The van der Waals surface area contributed by atoms with Crippen molar-refractivity contribution in [1.29, 1.82) is 0 Å². The lowest BCUT2D eigenvalue weighted by atomic mass is 10.0. The van der Waals surface area contributed by atoms with Crippen LogP contribution in [-0.2, 0) is 29.7 Å². The number of hydrogen-bond acceptors (Lipinski definition) is 9. The van der Waals surface area contributed by atoms with Gasteiger partial charge < -0.3 is 14.8 Å². The van der Waals surface area contributed by atoms with Gasteiger partial charge in [0.15, 0.2) is 19.7 Å². The SMILES string of the molecule is COc1ccc(OC)c(S(=O)(=O)N2[C@@H]3CS(=O)(=O)C[C@@H]3N[C@@H]3CS(=O)(=O)C[C@H]32)c1. The Balaban J connectivity index is 1.87. The topological polar surface area (TPSA) is 136 Å². The molecule has 13 heteroatoms. The lowest BCUT2D eigenvalue weighted by molar-refractivity contribution is 0.160. The first kappa shape index (κ1) is 20.8. The van der Waals surface area contributed by atoms with Crippen LogP contribution in [0.15, 0.2) is 23.1 Å². The molecule has 1 aromatic rings. The van der Waals surface area contributed by atoms with Crippen LogP contribution in [0.1, 0.15) is 0 Å². The third kappa shape index (κ3) is 3.52. The largest absolute Gasteiger partial charge is 0.497 e. The highest BCUT2D eigenvalue weighted by atomic mass is 32.2. The van der Waals surface area contributed by atoms with E-state index in [1.807, 2.05) is 0 Å². The fourth-order valence-electron chi connectivity index (χ4n) is 4.45. The van der Waals surface area contributed by atoms with Crippen LogP contribution in [0, 0.1) is 0 Å². The lowest BCUT2D eigenvalue weighted by Crippen LogP contribution is -2.67. The predicted molar refractivity (Wildman–Crippen MR) is 104 cm³/mol. The summed E-state index contributed by atoms with van der Waals surface area (Å²) in [6.45, 7) is 0. The predicted octanol–water partition coefficient (Wildman–Crippen LogP) is -1.37. The van der Waals surface area contributed by atoms with E-state index in [4.69, 9.17) is 9.47 Å². The number of hydrogen-bond donors (Lipinski definition) is 1. The van der Waals surface area contributed by atoms with Gasteiger partial charge in [-0.2, -0.15) is 4.31 Å². The van der Waals surface area contributed by atoms with Crippen LogP contribution >= 0.6 is 0 Å². The zero-order valence-corrected chi connectivity index (χ0v) is 18.3. The summed E-state index contributed by atoms with van der Waals surface area (Å²) in [4.78, 5) is -0.188. The Kier molecular flexibility index (Phi) is 4.89. The standard InChI is InChI=1S/C16H22N2O8S3/c1-25-10-3-4-15(26-2)16(5-10)29(23,24)18-13-8-27(19,20)6-11(13)17-12-7-28(21,22)9-14(12)18/h3-5,11-14,17H,6-9H2,1-2H3/t11-,12+,13-,14-/m1/s1. The quantitative estimate of drug-likeness (QED) is 0.570. The molecule has 3 saturated heterocycles. The normalized spacial score (nSPS) is 33.0. The number of ether oxygens (including phenoxy) is 2. The highest BCUT2D eigenvalue weighted by molar-refractivity contribution is 7.92. The van der Waals surface area contributed by atoms with Crippen molar-refractivity contribution in [1.82, 2.24) is 9.62 Å². The number of piperazine rings is 1. The van der Waals surface area contributed by atoms with E-state index in [1.54, 1.807) is 6.07 Å². The molecule has 0 unspecified atom stereocenters. The fraction of sp³-hybridized carbons (Fsp3) is 0.625. The van der Waals surface area contributed by atoms with E-state index in [0.29, 0.717) is 0 Å². The molecule has 0 spiro atoms. The van der Waals surface area contributed by atoms with Gasteiger partial charge in [-0.3, -0.25) is 0 Å². The summed E-state index contributed by atoms with van der Waals surface area (Å²) in [5, 5.41) is 3.07. The van der Waals surface area contributed by atoms with Gasteiger partial charge in [0.05, 0.1) is 49.3 Å². The van der Waals surface area contributed by atoms with Crippen LogP contribution in [0.3, 0.4) is 0 Å². The van der Waals surface area contributed by atoms with E-state index in [2.05, 4.69) is 5.32 Å². The van der Waals surface area contributed by atoms with Crippen LogP contribution in [0.2, 0.25) is 0 Å². The smallest absolute Gasteiger partial charge is 0.247 e. The van der Waals surface area contributed by atoms with Crippen LogP contribution < -0.4 is 14.8 Å². The first-order valence-corrected chi connectivity index (χ1v) is 14.0. The van der Waals surface area contributed by atoms with Crippen LogP contribution in [0.5, 0.6) is 11.5 Å². The second-order valence-electron chi connectivity index (χ2n) is 7.52. The number of fused-ring (bicyclic) bond motifs is 2. The summed E-state index contributed by atoms with van der Waals surface area (Å²) in [5.74, 6) is -0.839. The third-order valence-electron chi connectivity index (χ3n) is 5.65. The summed E-state index contributed by atoms with van der Waals surface area (Å²) in [5.41, 5.74) is 0. The highest BCUT2D eigenvalue weighted by Crippen LogP contribution is 2.39. The molecule has 3 fully saturated rings. The van der Waals surface area contributed by atoms with Crippen molar-refractivity contribution < 1.29 is 34.7 Å². The molecular weight excluding hydrogens is 444 g/mol. The fourth-order valence-corrected chi connectivity index (χ4v) is 10.5. The van der Waals surface area contributed by atoms with Crippen molar-refractivity contribution in [2.75, 3.05) is 37.2 Å². The van der Waals surface area contributed by atoms with Gasteiger partial charge in [0.2, 0.25) is 10.0 Å². The Labute approximate surface area is 170 Å². The summed E-state index contributed by atoms with van der Waals surface area (Å²) < 4.78 is 87.9. The maximum absolute atomic E-state index is 13.7. The Bertz CT molecular complexity index is 1100. The van der Waals surface area contributed by atoms with Gasteiger partial charge in [0.1, 0.15) is 16.4 Å². The monoisotopic (exact) mass is 466 g/mol. The molecule has 3 aliphatic heterocycles. The Morgan fingerprint density at radius 1 is 0.931 bits per heavy atom. The maximum atomic E-state index is 13.7. The minimum absolute atomic E-state index is 0.0686. The van der Waals surface area contributed by atoms with Crippen molar-refractivity contribution in [3.05, 3.63) is 18.2 Å². The molecule has 162 valence electrons. The first-order chi connectivity index (χ1) is 13.5. The van der Waals surface area contributed by atoms with Crippen LogP contribution in [0.25, 0.3) is 0 Å². The van der Waals surface area contributed by atoms with Crippen molar-refractivity contribution in [2.24, 2.45) is 0 Å². The number of nitrogens with zero attached hydrogens (tertiary/aromatic N) is 1. The number of methoxy groups -OCH3 is 2. The van der Waals surface area contributed by atoms with Gasteiger partial charge in [-0.25, -0.2) is 25.3 Å². The van der Waals surface area contributed by atoms with Gasteiger partial charge in [-0.05, 0) is 12.1 Å². The second-order valence-corrected chi connectivity index (χ2v) is 13.6. The molecule has 4 atom stereocenters. The molecule has 3 heterocycles. The lowest BCUT2D eigenvalue weighted by Gasteiger charge is -2.43. The van der Waals surface area contributed by atoms with Crippen molar-refractivity contribution in [2.45, 2.75) is 29.1 Å². The second kappa shape index (κ2) is 6.80. The van der Waals surface area contributed by atoms with E-state index < -0.39 is 53.9 Å². The maximum Gasteiger partial charge on any atom is 0.247 e.